The van der Waals surface area contributed by atoms with Crippen LogP contribution in [0, 0.1) is 13.8 Å². The molecule has 1 unspecified atom stereocenters. The number of hydrogen-bond donors (Lipinski definition) is 2. The van der Waals surface area contributed by atoms with Crippen LogP contribution in [0.3, 0.4) is 0 Å². The van der Waals surface area contributed by atoms with Gasteiger partial charge in [0.25, 0.3) is 5.91 Å². The monoisotopic (exact) mass is 403 g/mol. The molecule has 0 fully saturated rings. The van der Waals surface area contributed by atoms with E-state index < -0.39 is 15.6 Å². The Bertz CT molecular complexity index is 955. The molecule has 0 spiro atoms. The van der Waals surface area contributed by atoms with Crippen molar-refractivity contribution >= 4 is 21.5 Å². The molecule has 0 bridgehead atoms. The van der Waals surface area contributed by atoms with E-state index in [0.29, 0.717) is 11.5 Å². The summed E-state index contributed by atoms with van der Waals surface area (Å²) in [5.41, 5.74) is 5.38. The van der Waals surface area contributed by atoms with Gasteiger partial charge < -0.3 is 9.84 Å². The van der Waals surface area contributed by atoms with Gasteiger partial charge in [-0.2, -0.15) is 0 Å². The predicted molar refractivity (Wildman–Crippen MR) is 116 cm³/mol. The molecule has 2 N–H and O–H groups in total. The molecule has 0 aromatic heterocycles. The number of nitrogens with one attached hydrogen (secondary N) is 1. The first-order chi connectivity index (χ1) is 13.0. The van der Waals surface area contributed by atoms with Crippen molar-refractivity contribution in [2.75, 3.05) is 12.9 Å². The zero-order chi connectivity index (χ0) is 21.1. The molecule has 6 heteroatoms. The van der Waals surface area contributed by atoms with E-state index in [-0.39, 0.29) is 12.5 Å². The Hall–Kier alpha value is -2.47. The summed E-state index contributed by atoms with van der Waals surface area (Å²) in [4.78, 5) is 11.7. The van der Waals surface area contributed by atoms with Gasteiger partial charge >= 0.3 is 0 Å². The summed E-state index contributed by atoms with van der Waals surface area (Å²) in [6, 6.07) is 9.53. The predicted octanol–water partition coefficient (Wildman–Crippen LogP) is 3.48. The third kappa shape index (κ3) is 6.02. The number of phenols is 1. The van der Waals surface area contributed by atoms with Gasteiger partial charge in [0.1, 0.15) is 11.5 Å². The maximum Gasteiger partial charge on any atom is 0.269 e. The second kappa shape index (κ2) is 8.69. The van der Waals surface area contributed by atoms with Gasteiger partial charge in [-0.15, -0.1) is 0 Å². The number of rotatable bonds is 7. The minimum Gasteiger partial charge on any atom is -0.508 e. The number of aryl methyl sites for hydroxylation is 2. The molecule has 2 aromatic rings. The molecule has 0 aliphatic heterocycles. The van der Waals surface area contributed by atoms with Crippen molar-refractivity contribution < 1.29 is 18.8 Å². The summed E-state index contributed by atoms with van der Waals surface area (Å²) >= 11 is 0. The van der Waals surface area contributed by atoms with Crippen molar-refractivity contribution in [2.24, 2.45) is 0 Å². The molecule has 0 radical (unpaired) electrons. The number of ether oxygens (including phenoxy) is 1. The Balaban J connectivity index is 2.16. The van der Waals surface area contributed by atoms with Gasteiger partial charge in [-0.1, -0.05) is 26.0 Å². The van der Waals surface area contributed by atoms with E-state index in [4.69, 9.17) is 4.74 Å². The molecular weight excluding hydrogens is 374 g/mol. The second-order valence-electron chi connectivity index (χ2n) is 7.58. The zero-order valence-electron chi connectivity index (χ0n) is 17.2. The normalized spacial score (nSPS) is 13.2. The summed E-state index contributed by atoms with van der Waals surface area (Å²) in [5, 5.41) is 10.0. The molecule has 152 valence electrons. The van der Waals surface area contributed by atoms with Gasteiger partial charge in [0, 0.05) is 16.0 Å². The van der Waals surface area contributed by atoms with Gasteiger partial charge in [-0.05, 0) is 78.1 Å². The molecular formula is C22H29NO4S. The molecule has 2 rings (SSSR count). The highest BCUT2D eigenvalue weighted by Gasteiger charge is 2.12. The van der Waals surface area contributed by atoms with Crippen LogP contribution in [0.15, 0.2) is 30.3 Å². The van der Waals surface area contributed by atoms with Gasteiger partial charge in [-0.3, -0.25) is 9.52 Å². The first-order valence-electron chi connectivity index (χ1n) is 9.14. The first kappa shape index (κ1) is 21.8. The van der Waals surface area contributed by atoms with Crippen LogP contribution in [0.4, 0.5) is 0 Å². The van der Waals surface area contributed by atoms with Gasteiger partial charge in [0.05, 0.1) is 0 Å². The average molecular weight is 404 g/mol. The third-order valence-electron chi connectivity index (χ3n) is 4.46. The summed E-state index contributed by atoms with van der Waals surface area (Å²) in [6.45, 7) is 7.92. The van der Waals surface area contributed by atoms with E-state index >= 15 is 0 Å². The smallest absolute Gasteiger partial charge is 0.269 e. The minimum atomic E-state index is -2.60. The van der Waals surface area contributed by atoms with Crippen LogP contribution in [-0.4, -0.2) is 34.0 Å². The van der Waals surface area contributed by atoms with Crippen molar-refractivity contribution in [1.29, 1.82) is 0 Å². The Morgan fingerprint density at radius 3 is 2.36 bits per heavy atom. The minimum absolute atomic E-state index is 0.214. The molecule has 0 aliphatic carbocycles. The molecule has 0 saturated carbocycles. The first-order valence-corrected chi connectivity index (χ1v) is 11.3. The number of carbonyl (C=O) groups is 1. The van der Waals surface area contributed by atoms with Crippen LogP contribution in [0.1, 0.15) is 47.6 Å². The SMILES string of the molecule is C=S(C)(=O)NC(=O)COc1cc(C)c(Cc2ccc(O)c(C(C)C)c2)c(C)c1. The van der Waals surface area contributed by atoms with E-state index in [1.807, 2.05) is 32.0 Å². The Kier molecular flexibility index (Phi) is 6.77. The van der Waals surface area contributed by atoms with Crippen molar-refractivity contribution in [3.63, 3.8) is 0 Å². The maximum absolute atomic E-state index is 11.7. The van der Waals surface area contributed by atoms with Gasteiger partial charge in [0.2, 0.25) is 0 Å². The van der Waals surface area contributed by atoms with E-state index in [0.717, 1.165) is 28.7 Å². The van der Waals surface area contributed by atoms with Crippen LogP contribution >= 0.6 is 0 Å². The summed E-state index contributed by atoms with van der Waals surface area (Å²) in [6.07, 6.45) is 2.11. The number of hydrogen-bond acceptors (Lipinski definition) is 4. The van der Waals surface area contributed by atoms with E-state index in [2.05, 4.69) is 30.5 Å². The fraction of sp³-hybridized carbons (Fsp3) is 0.364. The lowest BCUT2D eigenvalue weighted by Crippen LogP contribution is -2.33. The number of benzene rings is 2. The van der Waals surface area contributed by atoms with E-state index in [9.17, 15) is 14.1 Å². The van der Waals surface area contributed by atoms with Crippen molar-refractivity contribution in [1.82, 2.24) is 4.72 Å². The maximum atomic E-state index is 11.7. The molecule has 0 aliphatic rings. The summed E-state index contributed by atoms with van der Waals surface area (Å²) < 4.78 is 19.4. The Morgan fingerprint density at radius 1 is 1.21 bits per heavy atom. The van der Waals surface area contributed by atoms with Crippen LogP contribution in [-0.2, 0) is 20.9 Å². The highest BCUT2D eigenvalue weighted by Crippen LogP contribution is 2.29. The molecule has 0 saturated heterocycles. The van der Waals surface area contributed by atoms with E-state index in [1.165, 1.54) is 11.8 Å². The van der Waals surface area contributed by atoms with Crippen molar-refractivity contribution in [2.45, 2.75) is 40.0 Å². The Labute approximate surface area is 167 Å². The van der Waals surface area contributed by atoms with Crippen LogP contribution in [0.2, 0.25) is 0 Å². The van der Waals surface area contributed by atoms with E-state index in [1.54, 1.807) is 6.07 Å². The molecule has 2 aromatic carbocycles. The highest BCUT2D eigenvalue weighted by atomic mass is 32.2. The van der Waals surface area contributed by atoms with Gasteiger partial charge in [-0.25, -0.2) is 4.21 Å². The fourth-order valence-corrected chi connectivity index (χ4v) is 3.66. The standard InChI is InChI=1S/C22H29NO4S/c1-14(2)19-11-17(7-8-21(19)24)12-20-15(3)9-18(10-16(20)4)27-13-22(25)23-28(5,6)26/h7-11,14,24H,5,12-13H2,1-4,6H3,(H,23,25,26). The van der Waals surface area contributed by atoms with Crippen LogP contribution in [0.25, 0.3) is 0 Å². The lowest BCUT2D eigenvalue weighted by Gasteiger charge is -2.15. The zero-order valence-corrected chi connectivity index (χ0v) is 18.0. The van der Waals surface area contributed by atoms with Crippen LogP contribution in [0.5, 0.6) is 11.5 Å². The summed E-state index contributed by atoms with van der Waals surface area (Å²) in [7, 11) is -2.60. The average Bonchev–Trinajstić information content (AvgIpc) is 2.56. The third-order valence-corrected chi connectivity index (χ3v) is 5.12. The number of aromatic hydroxyl groups is 1. The number of phenolic OH excluding ortho intramolecular Hbond substituents is 1. The largest absolute Gasteiger partial charge is 0.508 e. The van der Waals surface area contributed by atoms with Crippen molar-refractivity contribution in [3.05, 3.63) is 58.1 Å². The fourth-order valence-electron chi connectivity index (χ4n) is 3.12. The molecule has 5 nitrogen and oxygen atoms in total. The lowest BCUT2D eigenvalue weighted by atomic mass is 9.93. The second-order valence-corrected chi connectivity index (χ2v) is 9.79. The topological polar surface area (TPSA) is 75.6 Å². The Morgan fingerprint density at radius 2 is 1.82 bits per heavy atom. The molecule has 1 amide bonds. The van der Waals surface area contributed by atoms with Crippen LogP contribution < -0.4 is 9.46 Å². The quantitative estimate of drug-likeness (QED) is 0.694. The molecule has 28 heavy (non-hydrogen) atoms. The summed E-state index contributed by atoms with van der Waals surface area (Å²) in [5.74, 6) is 4.09. The number of carbonyl (C=O) groups excluding carboxylic acids is 1. The molecule has 0 heterocycles. The van der Waals surface area contributed by atoms with Gasteiger partial charge in [0.15, 0.2) is 6.61 Å². The number of amides is 1. The highest BCUT2D eigenvalue weighted by molar-refractivity contribution is 7.98. The molecule has 1 atom stereocenters. The lowest BCUT2D eigenvalue weighted by molar-refractivity contribution is -0.121. The van der Waals surface area contributed by atoms with Crippen molar-refractivity contribution in [3.8, 4) is 11.5 Å².